The molecule has 8 aromatic rings. The topological polar surface area (TPSA) is 731 Å². The fourth-order valence-electron chi connectivity index (χ4n) is 16.7. The lowest BCUT2D eigenvalue weighted by Crippen LogP contribution is -2.32. The molecule has 31 unspecified atom stereocenters. The van der Waals surface area contributed by atoms with E-state index in [4.69, 9.17) is 315 Å². The number of rotatable bonds is 44. The molecule has 0 saturated carbocycles. The summed E-state index contributed by atoms with van der Waals surface area (Å²) in [5.74, 6) is -0.692. The van der Waals surface area contributed by atoms with Crippen LogP contribution in [0.15, 0.2) is 136 Å². The first-order valence-electron chi connectivity index (χ1n) is 44.0. The standard InChI is InChI=1S/C72H97N24O32P7S14/c73-49-1-9-89(65(99)81-49)57-17-33(98)42(115-57)26-107-129(136,137)123-35-19-59(91-11-3-51(75)83-67(91)101)117-44(35)28-109-131(140,141)125-37-21-61(93-13-5-53(77)85-69(93)103)119-46(37)30-111-133(144,145)127-39-23-63(95-15-7-55(79)87-71(95)105)121-48(39)32-113-135(148,149)128-40-24-64(96-16-8-56(80)88-72(96)106)120-47(40)31-112-134(146,147)126-38-22-62(94-14-6-54(78)86-70(94)104)118-45(38)29-110-132(142,143)124-36-20-60(92-12-4-52(76)84-68(92)102)116-43(36)27-108-130(138,139)122-34-18-58(114-41(34)25-97)90-10-2-50(74)82-66(90)100/h1-16,33-48,57-64,97-98H,17-32H2,(H,136,137)(H,138,139)(H,140,141)(H,142,143)(H,144,145)(H,146,147)(H,148,149)(H2,73,81,99)(H2,74,82,100)(H2,75,83,101)(H2,76,84,102)(H2,77,85,103)(H2,78,86,104)(H2,79,87,105)(H2,80,88,106)/p-7. The molecule has 0 aromatic carbocycles. The molecule has 0 radical (unpaired) electrons. The molecule has 0 amide bonds. The number of hydrogen-bond acceptors (Lipinski definition) is 62. The highest BCUT2D eigenvalue weighted by atomic mass is 32.9. The Kier molecular flexibility index (Phi) is 38.6. The Balaban J connectivity index is 0.581. The average molecular weight is 2470 g/mol. The number of nitrogen functional groups attached to an aromatic ring is 8. The minimum atomic E-state index is -4.08. The lowest BCUT2D eigenvalue weighted by molar-refractivity contribution is -0.0504. The van der Waals surface area contributed by atoms with E-state index in [1.807, 2.05) is 0 Å². The van der Waals surface area contributed by atoms with Gasteiger partial charge in [-0.2, -0.15) is 39.9 Å². The van der Waals surface area contributed by atoms with Gasteiger partial charge in [0.05, 0.1) is 142 Å². The van der Waals surface area contributed by atoms with Crippen LogP contribution in [0.4, 0.5) is 46.5 Å². The molecular weight excluding hydrogens is 2380 g/mol. The van der Waals surface area contributed by atoms with Crippen molar-refractivity contribution >= 4 is 255 Å². The summed E-state index contributed by atoms with van der Waals surface area (Å²) in [4.78, 5) is 137. The molecule has 0 bridgehead atoms. The van der Waals surface area contributed by atoms with Gasteiger partial charge >= 0.3 is 45.5 Å². The molecule has 18 N–H and O–H groups in total. The molecule has 8 aliphatic heterocycles. The Hall–Kier alpha value is -4.52. The highest BCUT2D eigenvalue weighted by Gasteiger charge is 2.49. The predicted octanol–water partition coefficient (Wildman–Crippen LogP) is 0.565. The lowest BCUT2D eigenvalue weighted by Gasteiger charge is -2.37. The van der Waals surface area contributed by atoms with Gasteiger partial charge in [-0.15, -0.1) is 0 Å². The Bertz CT molecular complexity index is 7050. The molecule has 0 spiro atoms. The third-order valence-corrected chi connectivity index (χ3v) is 38.6. The fourth-order valence-corrected chi connectivity index (χ4v) is 30.5. The van der Waals surface area contributed by atoms with Crippen molar-refractivity contribution in [3.63, 3.8) is 0 Å². The summed E-state index contributed by atoms with van der Waals surface area (Å²) in [6.45, 7) is -4.17. The molecule has 0 aliphatic carbocycles. The summed E-state index contributed by atoms with van der Waals surface area (Å²) in [6, 6.07) is 10.9. The normalized spacial score (nSPS) is 30.9. The Morgan fingerprint density at radius 1 is 0.255 bits per heavy atom. The van der Waals surface area contributed by atoms with Crippen LogP contribution in [0.2, 0.25) is 0 Å². The monoisotopic (exact) mass is 2470 g/mol. The third kappa shape index (κ3) is 30.6. The first-order chi connectivity index (χ1) is 70.2. The molecule has 8 aromatic heterocycles. The minimum Gasteiger partial charge on any atom is -0.691 e. The first kappa shape index (κ1) is 117. The van der Waals surface area contributed by atoms with E-state index in [-0.39, 0.29) is 97.9 Å². The van der Waals surface area contributed by atoms with Gasteiger partial charge in [0.15, 0.2) is 0 Å². The molecule has 8 aliphatic rings. The number of nitrogens with two attached hydrogens (primary N) is 8. The second kappa shape index (κ2) is 49.1. The molecular formula is C72H90N24O32P7S14-7. The fraction of sp³-hybridized carbons (Fsp3) is 0.556. The van der Waals surface area contributed by atoms with Crippen LogP contribution in [0.25, 0.3) is 0 Å². The molecule has 816 valence electrons. The number of ether oxygens (including phenoxy) is 8. The molecule has 8 saturated heterocycles. The number of aromatic nitrogens is 16. The Labute approximate surface area is 914 Å². The van der Waals surface area contributed by atoms with Crippen molar-refractivity contribution in [3.8, 4) is 0 Å². The largest absolute Gasteiger partial charge is 0.691 e. The van der Waals surface area contributed by atoms with Crippen molar-refractivity contribution in [2.45, 2.75) is 199 Å². The Morgan fingerprint density at radius 3 is 0.544 bits per heavy atom. The van der Waals surface area contributed by atoms with Crippen molar-refractivity contribution in [1.29, 1.82) is 0 Å². The highest BCUT2D eigenvalue weighted by Crippen LogP contribution is 2.60. The van der Waals surface area contributed by atoms with Gasteiger partial charge < -0.3 is 243 Å². The van der Waals surface area contributed by atoms with Gasteiger partial charge in [-0.25, -0.2) is 38.4 Å². The Morgan fingerprint density at radius 2 is 0.389 bits per heavy atom. The van der Waals surface area contributed by atoms with Gasteiger partial charge in [0, 0.05) is 101 Å². The van der Waals surface area contributed by atoms with E-state index in [9.17, 15) is 48.6 Å². The summed E-state index contributed by atoms with van der Waals surface area (Å²) in [5.41, 5.74) is 12.6. The maximum Gasteiger partial charge on any atom is 0.351 e. The molecule has 8 fully saturated rings. The molecule has 56 nitrogen and oxygen atoms in total. The number of aliphatic hydroxyl groups excluding tert-OH is 2. The van der Waals surface area contributed by atoms with E-state index in [2.05, 4.69) is 39.9 Å². The number of nitrogens with zero attached hydrogens (tertiary/aromatic N) is 16. The second-order valence-corrected chi connectivity index (χ2v) is 68.3. The first-order valence-corrected chi connectivity index (χ1v) is 69.6. The summed E-state index contributed by atoms with van der Waals surface area (Å²) >= 11 is 82.3. The van der Waals surface area contributed by atoms with Crippen LogP contribution in [0, 0.1) is 0 Å². The van der Waals surface area contributed by atoms with Gasteiger partial charge in [0.1, 0.15) is 145 Å². The molecule has 31 atom stereocenters. The van der Waals surface area contributed by atoms with Gasteiger partial charge in [-0.05, 0) is 48.5 Å². The number of aliphatic hydroxyl groups is 2. The van der Waals surface area contributed by atoms with Crippen LogP contribution in [-0.4, -0.2) is 237 Å². The second-order valence-electron chi connectivity index (χ2n) is 33.7. The van der Waals surface area contributed by atoms with E-state index in [0.717, 1.165) is 36.5 Å². The van der Waals surface area contributed by atoms with Crippen LogP contribution < -0.4 is 91.4 Å². The predicted molar refractivity (Wildman–Crippen MR) is 572 cm³/mol. The zero-order valence-corrected chi connectivity index (χ0v) is 93.9. The van der Waals surface area contributed by atoms with Crippen molar-refractivity contribution in [1.82, 2.24) is 76.4 Å². The van der Waals surface area contributed by atoms with Gasteiger partial charge in [0.2, 0.25) is 0 Å². The molecule has 77 heteroatoms. The zero-order chi connectivity index (χ0) is 107. The minimum absolute atomic E-state index is 0.0221. The zero-order valence-electron chi connectivity index (χ0n) is 76.2. The van der Waals surface area contributed by atoms with Crippen molar-refractivity contribution < 1.29 is 111 Å². The smallest absolute Gasteiger partial charge is 0.351 e. The summed E-state index contributed by atoms with van der Waals surface area (Å²) in [6.07, 6.45) is -18.2. The SMILES string of the molecule is Nc1ccn(C2CC(O)C(COP(=S)([S-])OC3CC(n4ccc(N)nc4=O)OC3COP(=S)([S-])OC3CC(n4ccc(N)nc4=O)OC3COP(=S)([S-])OC3CC(n4ccc(N)nc4=O)OC3COP(=S)([S-])OC3CC(n4ccc(N)nc4=O)OC3COP(=S)([S-])OC3CC(n4ccc(N)nc4=O)OC3COP(=S)([S-])OC3CC(n4ccc(N)nc4=O)OC3COP(=S)([S-])OC3CC(n4ccc(N)nc4=O)OC3CO)O2)c(=O)n1. The molecule has 16 heterocycles. The van der Waals surface area contributed by atoms with Crippen LogP contribution >= 0.6 is 39.9 Å². The van der Waals surface area contributed by atoms with E-state index in [0.29, 0.717) is 0 Å². The molecule has 16 rings (SSSR count). The average Bonchev–Trinajstić information content (AvgIpc) is 1.66. The van der Waals surface area contributed by atoms with Gasteiger partial charge in [-0.1, -0.05) is 82.6 Å². The number of hydrogen-bond donors (Lipinski definition) is 10. The third-order valence-electron chi connectivity index (χ3n) is 23.6. The van der Waals surface area contributed by atoms with Crippen molar-refractivity contribution in [2.75, 3.05) is 98.7 Å². The number of anilines is 8. The maximum atomic E-state index is 13.6. The quantitative estimate of drug-likeness (QED) is 0.0184. The highest BCUT2D eigenvalue weighted by molar-refractivity contribution is 8.53. The van der Waals surface area contributed by atoms with Crippen molar-refractivity contribution in [2.24, 2.45) is 0 Å². The van der Waals surface area contributed by atoms with Crippen LogP contribution in [-0.2, 0) is 270 Å². The molecule has 149 heavy (non-hydrogen) atoms. The van der Waals surface area contributed by atoms with E-state index in [1.165, 1.54) is 98.1 Å². The summed E-state index contributed by atoms with van der Waals surface area (Å²) in [5, 5.41) is 21.3. The lowest BCUT2D eigenvalue weighted by atomic mass is 10.2. The maximum absolute atomic E-state index is 13.6. The van der Waals surface area contributed by atoms with Gasteiger partial charge in [-0.3, -0.25) is 36.5 Å². The van der Waals surface area contributed by atoms with Gasteiger partial charge in [0.25, 0.3) is 0 Å². The van der Waals surface area contributed by atoms with Crippen molar-refractivity contribution in [3.05, 3.63) is 182 Å². The van der Waals surface area contributed by atoms with Crippen LogP contribution in [0.3, 0.4) is 0 Å². The van der Waals surface area contributed by atoms with E-state index < -0.39 is 286 Å². The van der Waals surface area contributed by atoms with Crippen LogP contribution in [0.1, 0.15) is 101 Å². The van der Waals surface area contributed by atoms with E-state index in [1.54, 1.807) is 0 Å². The van der Waals surface area contributed by atoms with Crippen LogP contribution in [0.5, 0.6) is 0 Å². The van der Waals surface area contributed by atoms with E-state index >= 15 is 0 Å². The summed E-state index contributed by atoms with van der Waals surface area (Å²) in [7, 11) is 0. The summed E-state index contributed by atoms with van der Waals surface area (Å²) < 4.78 is 148.